The molecule has 2 aromatic carbocycles. The topological polar surface area (TPSA) is 102 Å². The number of ether oxygens (including phenoxy) is 1. The number of aromatic nitrogens is 4. The number of para-hydroxylation sites is 1. The van der Waals surface area contributed by atoms with Crippen LogP contribution in [0.15, 0.2) is 77.9 Å². The van der Waals surface area contributed by atoms with E-state index in [1.165, 1.54) is 0 Å². The van der Waals surface area contributed by atoms with E-state index in [1.807, 2.05) is 36.0 Å². The van der Waals surface area contributed by atoms with Crippen LogP contribution in [-0.4, -0.2) is 25.6 Å². The Morgan fingerprint density at radius 2 is 1.94 bits per heavy atom. The Morgan fingerprint density at radius 1 is 1.10 bits per heavy atom. The minimum Gasteiger partial charge on any atom is -0.410 e. The predicted octanol–water partition coefficient (Wildman–Crippen LogP) is 4.09. The Morgan fingerprint density at radius 3 is 2.77 bits per heavy atom. The van der Waals surface area contributed by atoms with Gasteiger partial charge in [0.15, 0.2) is 0 Å². The Bertz CT molecular complexity index is 1490. The third-order valence-corrected chi connectivity index (χ3v) is 4.88. The van der Waals surface area contributed by atoms with Gasteiger partial charge in [0.1, 0.15) is 17.1 Å². The molecule has 0 radical (unpaired) electrons. The number of rotatable bonds is 3. The van der Waals surface area contributed by atoms with Gasteiger partial charge in [-0.25, -0.2) is 14.8 Å². The van der Waals surface area contributed by atoms with E-state index in [-0.39, 0.29) is 5.56 Å². The number of nitrogens with one attached hydrogen (secondary N) is 2. The quantitative estimate of drug-likeness (QED) is 0.466. The number of pyridine rings is 1. The lowest BCUT2D eigenvalue weighted by molar-refractivity contribution is 0.215. The molecule has 0 saturated heterocycles. The van der Waals surface area contributed by atoms with Crippen molar-refractivity contribution in [3.05, 3.63) is 83.4 Å². The number of hydrogen-bond donors (Lipinski definition) is 2. The number of anilines is 1. The number of amides is 1. The smallest absolute Gasteiger partial charge is 0.410 e. The molecule has 0 saturated carbocycles. The van der Waals surface area contributed by atoms with Gasteiger partial charge in [-0.05, 0) is 42.5 Å². The van der Waals surface area contributed by atoms with Gasteiger partial charge < -0.3 is 14.3 Å². The van der Waals surface area contributed by atoms with Crippen molar-refractivity contribution < 1.29 is 9.53 Å². The first kappa shape index (κ1) is 18.6. The minimum atomic E-state index is -0.624. The fraction of sp³-hybridized carbons (Fsp3) is 0.0435. The monoisotopic (exact) mass is 411 g/mol. The first-order chi connectivity index (χ1) is 15.1. The Balaban J connectivity index is 1.47. The normalized spacial score (nSPS) is 11.0. The molecule has 0 fully saturated rings. The molecule has 0 aliphatic rings. The first-order valence-electron chi connectivity index (χ1n) is 9.57. The van der Waals surface area contributed by atoms with E-state index in [4.69, 9.17) is 4.74 Å². The number of aromatic amines is 1. The predicted molar refractivity (Wildman–Crippen MR) is 118 cm³/mol. The van der Waals surface area contributed by atoms with E-state index >= 15 is 0 Å². The lowest BCUT2D eigenvalue weighted by Gasteiger charge is -2.08. The highest BCUT2D eigenvalue weighted by Gasteiger charge is 2.15. The number of carbonyl (C=O) groups excluding carboxylic acids is 1. The van der Waals surface area contributed by atoms with Crippen LogP contribution in [-0.2, 0) is 7.05 Å². The van der Waals surface area contributed by atoms with E-state index < -0.39 is 6.09 Å². The summed E-state index contributed by atoms with van der Waals surface area (Å²) in [5, 5.41) is 3.50. The highest BCUT2D eigenvalue weighted by atomic mass is 16.6. The molecule has 5 rings (SSSR count). The maximum absolute atomic E-state index is 12.8. The van der Waals surface area contributed by atoms with Crippen molar-refractivity contribution in [2.75, 3.05) is 5.32 Å². The molecule has 1 amide bonds. The van der Waals surface area contributed by atoms with Gasteiger partial charge in [0.05, 0.1) is 11.0 Å². The Kier molecular flexibility index (Phi) is 4.44. The molecule has 0 spiro atoms. The molecule has 0 aliphatic carbocycles. The largest absolute Gasteiger partial charge is 0.417 e. The first-order valence-corrected chi connectivity index (χ1v) is 9.57. The van der Waals surface area contributed by atoms with Crippen LogP contribution in [0.2, 0.25) is 0 Å². The second kappa shape index (κ2) is 7.42. The third-order valence-electron chi connectivity index (χ3n) is 4.88. The van der Waals surface area contributed by atoms with Crippen molar-refractivity contribution in [3.8, 4) is 17.0 Å². The van der Waals surface area contributed by atoms with Crippen LogP contribution in [0.4, 0.5) is 10.5 Å². The molecule has 152 valence electrons. The fourth-order valence-corrected chi connectivity index (χ4v) is 3.49. The average Bonchev–Trinajstić information content (AvgIpc) is 3.10. The molecule has 5 aromatic rings. The van der Waals surface area contributed by atoms with Crippen LogP contribution >= 0.6 is 0 Å². The zero-order valence-corrected chi connectivity index (χ0v) is 16.5. The SMILES string of the molecule is Cn1cc(-c2nc3ccc(NC(=O)Oc4ccccc4)cc3[nH]c2=O)c2cccnc21. The molecule has 0 atom stereocenters. The lowest BCUT2D eigenvalue weighted by atomic mass is 10.1. The van der Waals surface area contributed by atoms with E-state index in [9.17, 15) is 9.59 Å². The lowest BCUT2D eigenvalue weighted by Crippen LogP contribution is -2.17. The summed E-state index contributed by atoms with van der Waals surface area (Å²) in [6.45, 7) is 0. The summed E-state index contributed by atoms with van der Waals surface area (Å²) >= 11 is 0. The molecule has 0 bridgehead atoms. The van der Waals surface area contributed by atoms with E-state index in [1.54, 1.807) is 48.7 Å². The average molecular weight is 411 g/mol. The molecule has 2 N–H and O–H groups in total. The minimum absolute atomic E-state index is 0.315. The summed E-state index contributed by atoms with van der Waals surface area (Å²) in [6.07, 6.45) is 2.93. The summed E-state index contributed by atoms with van der Waals surface area (Å²) in [4.78, 5) is 36.7. The molecule has 8 heteroatoms. The van der Waals surface area contributed by atoms with Crippen LogP contribution in [0.5, 0.6) is 5.75 Å². The molecule has 3 heterocycles. The highest BCUT2D eigenvalue weighted by molar-refractivity contribution is 5.94. The van der Waals surface area contributed by atoms with Crippen LogP contribution < -0.4 is 15.6 Å². The van der Waals surface area contributed by atoms with Gasteiger partial charge in [-0.2, -0.15) is 0 Å². The number of hydrogen-bond acceptors (Lipinski definition) is 5. The number of carbonyl (C=O) groups is 1. The van der Waals surface area contributed by atoms with Crippen molar-refractivity contribution in [2.45, 2.75) is 0 Å². The highest BCUT2D eigenvalue weighted by Crippen LogP contribution is 2.27. The van der Waals surface area contributed by atoms with Gasteiger partial charge in [0.2, 0.25) is 0 Å². The zero-order chi connectivity index (χ0) is 21.4. The van der Waals surface area contributed by atoms with Crippen LogP contribution in [0.25, 0.3) is 33.3 Å². The summed E-state index contributed by atoms with van der Waals surface area (Å²) in [5.41, 5.74) is 3.05. The zero-order valence-electron chi connectivity index (χ0n) is 16.5. The molecule has 0 aliphatic heterocycles. The Hall–Kier alpha value is -4.46. The van der Waals surface area contributed by atoms with Crippen LogP contribution in [0.3, 0.4) is 0 Å². The van der Waals surface area contributed by atoms with E-state index in [2.05, 4.69) is 20.3 Å². The summed E-state index contributed by atoms with van der Waals surface area (Å²) in [6, 6.07) is 17.6. The van der Waals surface area contributed by atoms with Crippen molar-refractivity contribution >= 4 is 33.8 Å². The summed E-state index contributed by atoms with van der Waals surface area (Å²) < 4.78 is 7.09. The van der Waals surface area contributed by atoms with Gasteiger partial charge in [0, 0.05) is 36.1 Å². The van der Waals surface area contributed by atoms with E-state index in [0.717, 1.165) is 11.0 Å². The van der Waals surface area contributed by atoms with Gasteiger partial charge in [0.25, 0.3) is 5.56 Å². The van der Waals surface area contributed by atoms with Gasteiger partial charge in [-0.1, -0.05) is 18.2 Å². The van der Waals surface area contributed by atoms with Gasteiger partial charge in [-0.15, -0.1) is 0 Å². The number of nitrogens with zero attached hydrogens (tertiary/aromatic N) is 3. The molecule has 3 aromatic heterocycles. The van der Waals surface area contributed by atoms with Crippen molar-refractivity contribution in [3.63, 3.8) is 0 Å². The van der Waals surface area contributed by atoms with Crippen LogP contribution in [0, 0.1) is 0 Å². The molecular formula is C23H17N5O3. The van der Waals surface area contributed by atoms with Crippen molar-refractivity contribution in [2.24, 2.45) is 7.05 Å². The number of fused-ring (bicyclic) bond motifs is 2. The van der Waals surface area contributed by atoms with Gasteiger partial charge >= 0.3 is 6.09 Å². The summed E-state index contributed by atoms with van der Waals surface area (Å²) in [7, 11) is 1.88. The standard InChI is InChI=1S/C23H17N5O3/c1-28-13-17(16-8-5-11-24-21(16)28)20-22(29)27-19-12-14(9-10-18(19)26-20)25-23(30)31-15-6-3-2-4-7-15/h2-13H,1H3,(H,25,30)(H,27,29). The van der Waals surface area contributed by atoms with Crippen LogP contribution in [0.1, 0.15) is 0 Å². The second-order valence-electron chi connectivity index (χ2n) is 7.00. The number of benzene rings is 2. The number of H-pyrrole nitrogens is 1. The number of aryl methyl sites for hydroxylation is 1. The van der Waals surface area contributed by atoms with Crippen molar-refractivity contribution in [1.82, 2.24) is 19.5 Å². The Labute approximate surface area is 176 Å². The molecular weight excluding hydrogens is 394 g/mol. The molecule has 8 nitrogen and oxygen atoms in total. The fourth-order valence-electron chi connectivity index (χ4n) is 3.49. The maximum Gasteiger partial charge on any atom is 0.417 e. The summed E-state index contributed by atoms with van der Waals surface area (Å²) in [5.74, 6) is 0.435. The molecule has 31 heavy (non-hydrogen) atoms. The molecule has 0 unspecified atom stereocenters. The third kappa shape index (κ3) is 3.51. The van der Waals surface area contributed by atoms with Crippen molar-refractivity contribution in [1.29, 1.82) is 0 Å². The second-order valence-corrected chi connectivity index (χ2v) is 7.00. The maximum atomic E-state index is 12.8. The van der Waals surface area contributed by atoms with E-state index in [0.29, 0.717) is 33.7 Å². The van der Waals surface area contributed by atoms with Gasteiger partial charge in [-0.3, -0.25) is 10.1 Å².